The first kappa shape index (κ1) is 25.9. The zero-order valence-electron chi connectivity index (χ0n) is 21.6. The third-order valence-corrected chi connectivity index (χ3v) is 7.62. The van der Waals surface area contributed by atoms with Crippen molar-refractivity contribution in [2.75, 3.05) is 58.9 Å². The van der Waals surface area contributed by atoms with E-state index in [0.717, 1.165) is 19.0 Å². The number of likely N-dealkylation sites (N-methyl/N-ethyl adjacent to an activating group) is 1. The van der Waals surface area contributed by atoms with Gasteiger partial charge in [0.05, 0.1) is 11.7 Å². The van der Waals surface area contributed by atoms with E-state index in [0.29, 0.717) is 56.2 Å². The van der Waals surface area contributed by atoms with Crippen LogP contribution in [0.3, 0.4) is 0 Å². The molecule has 0 radical (unpaired) electrons. The van der Waals surface area contributed by atoms with Crippen molar-refractivity contribution in [3.63, 3.8) is 0 Å². The summed E-state index contributed by atoms with van der Waals surface area (Å²) in [5.41, 5.74) is 1.07. The Hall–Kier alpha value is -2.16. The zero-order valence-corrected chi connectivity index (χ0v) is 21.6. The summed E-state index contributed by atoms with van der Waals surface area (Å²) in [5.74, 6) is 1.35. The summed E-state index contributed by atoms with van der Waals surface area (Å²) < 4.78 is 17.5. The summed E-state index contributed by atoms with van der Waals surface area (Å²) in [6, 6.07) is 5.58. The summed E-state index contributed by atoms with van der Waals surface area (Å²) in [6.07, 6.45) is 3.96. The van der Waals surface area contributed by atoms with Gasteiger partial charge in [-0.05, 0) is 62.6 Å². The topological polar surface area (TPSA) is 80.3 Å². The van der Waals surface area contributed by atoms with Crippen LogP contribution in [0.4, 0.5) is 5.69 Å². The first-order valence-electron chi connectivity index (χ1n) is 13.0. The van der Waals surface area contributed by atoms with Gasteiger partial charge in [0.1, 0.15) is 12.4 Å². The molecule has 1 saturated heterocycles. The maximum atomic E-state index is 13.5. The normalized spacial score (nSPS) is 27.4. The van der Waals surface area contributed by atoms with Gasteiger partial charge in [-0.25, -0.2) is 0 Å². The van der Waals surface area contributed by atoms with Crippen molar-refractivity contribution in [3.05, 3.63) is 23.8 Å². The van der Waals surface area contributed by atoms with Gasteiger partial charge in [-0.2, -0.15) is 0 Å². The number of anilines is 1. The predicted octanol–water partition coefficient (Wildman–Crippen LogP) is 3.27. The predicted molar refractivity (Wildman–Crippen MR) is 135 cm³/mol. The first-order chi connectivity index (χ1) is 16.9. The lowest BCUT2D eigenvalue weighted by molar-refractivity contribution is -0.122. The van der Waals surface area contributed by atoms with Gasteiger partial charge in [0.15, 0.2) is 0 Å². The fraction of sp³-hybridized carbons (Fsp3) is 0.704. The average molecular weight is 488 g/mol. The molecule has 2 fully saturated rings. The van der Waals surface area contributed by atoms with Gasteiger partial charge in [0.2, 0.25) is 5.91 Å². The Labute approximate surface area is 209 Å². The maximum absolute atomic E-state index is 13.5. The minimum Gasteiger partial charge on any atom is -0.491 e. The minimum atomic E-state index is -0.139. The standard InChI is InChI=1S/C27H41N3O5/c1-18-14-30(15-20-5-6-20)19(2)17-35-24-8-7-22(28-26(31)21-9-11-34-12-10-21)13-23(24)27(32)29(3)16-25(18)33-4/h7-8,13,18-21,25H,5-6,9-12,14-17H2,1-4H3,(H,28,31)/t18-,19+,25-/m1/s1. The van der Waals surface area contributed by atoms with Crippen molar-refractivity contribution >= 4 is 17.5 Å². The molecule has 1 aliphatic carbocycles. The SMILES string of the molecule is CO[C@@H]1CN(C)C(=O)c2cc(NC(=O)C3CCOCC3)ccc2OC[C@H](C)N(CC2CC2)C[C@H]1C. The summed E-state index contributed by atoms with van der Waals surface area (Å²) >= 11 is 0. The molecule has 35 heavy (non-hydrogen) atoms. The molecule has 1 aromatic carbocycles. The van der Waals surface area contributed by atoms with E-state index >= 15 is 0 Å². The number of hydrogen-bond acceptors (Lipinski definition) is 6. The number of carbonyl (C=O) groups excluding carboxylic acids is 2. The van der Waals surface area contributed by atoms with Gasteiger partial charge in [0, 0.05) is 64.7 Å². The van der Waals surface area contributed by atoms with Gasteiger partial charge in [0.25, 0.3) is 5.91 Å². The van der Waals surface area contributed by atoms with Crippen LogP contribution in [0.25, 0.3) is 0 Å². The molecular formula is C27H41N3O5. The molecule has 8 heteroatoms. The van der Waals surface area contributed by atoms with Crippen LogP contribution in [0.2, 0.25) is 0 Å². The number of nitrogens with zero attached hydrogens (tertiary/aromatic N) is 2. The highest BCUT2D eigenvalue weighted by Gasteiger charge is 2.32. The van der Waals surface area contributed by atoms with E-state index in [-0.39, 0.29) is 35.8 Å². The number of fused-ring (bicyclic) bond motifs is 1. The first-order valence-corrected chi connectivity index (χ1v) is 13.0. The maximum Gasteiger partial charge on any atom is 0.257 e. The van der Waals surface area contributed by atoms with Crippen molar-refractivity contribution in [2.24, 2.45) is 17.8 Å². The second-order valence-electron chi connectivity index (χ2n) is 10.6. The number of amides is 2. The number of nitrogens with one attached hydrogen (secondary N) is 1. The third kappa shape index (κ3) is 6.74. The van der Waals surface area contributed by atoms with Crippen LogP contribution in [-0.2, 0) is 14.3 Å². The number of rotatable bonds is 5. The summed E-state index contributed by atoms with van der Waals surface area (Å²) in [6.45, 7) is 8.57. The van der Waals surface area contributed by atoms with Gasteiger partial charge in [-0.3, -0.25) is 14.5 Å². The lowest BCUT2D eigenvalue weighted by Crippen LogP contribution is -2.47. The molecule has 8 nitrogen and oxygen atoms in total. The Morgan fingerprint density at radius 1 is 1.14 bits per heavy atom. The van der Waals surface area contributed by atoms with Gasteiger partial charge >= 0.3 is 0 Å². The number of methoxy groups -OCH3 is 1. The van der Waals surface area contributed by atoms with Crippen molar-refractivity contribution in [1.29, 1.82) is 0 Å². The number of benzene rings is 1. The molecule has 194 valence electrons. The van der Waals surface area contributed by atoms with Crippen molar-refractivity contribution in [2.45, 2.75) is 51.7 Å². The van der Waals surface area contributed by atoms with Gasteiger partial charge in [-0.1, -0.05) is 6.92 Å². The summed E-state index contributed by atoms with van der Waals surface area (Å²) in [7, 11) is 3.52. The van der Waals surface area contributed by atoms with Crippen LogP contribution in [0, 0.1) is 17.8 Å². The quantitative estimate of drug-likeness (QED) is 0.687. The van der Waals surface area contributed by atoms with E-state index in [4.69, 9.17) is 14.2 Å². The Bertz CT molecular complexity index is 884. The Kier molecular flexibility index (Phi) is 8.68. The molecule has 0 bridgehead atoms. The van der Waals surface area contributed by atoms with E-state index in [1.807, 2.05) is 6.07 Å². The molecule has 2 aliphatic heterocycles. The van der Waals surface area contributed by atoms with E-state index in [1.54, 1.807) is 31.2 Å². The molecule has 0 aromatic heterocycles. The molecule has 0 unspecified atom stereocenters. The molecule has 0 spiro atoms. The van der Waals surface area contributed by atoms with Crippen LogP contribution in [0.1, 0.15) is 49.9 Å². The Balaban J connectivity index is 1.57. The molecule has 2 amide bonds. The second-order valence-corrected chi connectivity index (χ2v) is 10.6. The fourth-order valence-electron chi connectivity index (χ4n) is 5.02. The smallest absolute Gasteiger partial charge is 0.257 e. The van der Waals surface area contributed by atoms with E-state index in [9.17, 15) is 9.59 Å². The van der Waals surface area contributed by atoms with Crippen LogP contribution < -0.4 is 10.1 Å². The van der Waals surface area contributed by atoms with Gasteiger partial charge in [-0.15, -0.1) is 0 Å². The molecule has 4 rings (SSSR count). The lowest BCUT2D eigenvalue weighted by Gasteiger charge is -2.36. The molecule has 2 heterocycles. The van der Waals surface area contributed by atoms with Crippen LogP contribution in [0.5, 0.6) is 5.75 Å². The Morgan fingerprint density at radius 2 is 1.89 bits per heavy atom. The van der Waals surface area contributed by atoms with Crippen molar-refractivity contribution in [1.82, 2.24) is 9.80 Å². The third-order valence-electron chi connectivity index (χ3n) is 7.62. The van der Waals surface area contributed by atoms with Crippen molar-refractivity contribution in [3.8, 4) is 5.75 Å². The molecule has 1 N–H and O–H groups in total. The second kappa shape index (κ2) is 11.7. The van der Waals surface area contributed by atoms with Crippen LogP contribution in [-0.4, -0.2) is 87.4 Å². The van der Waals surface area contributed by atoms with Gasteiger partial charge < -0.3 is 24.4 Å². The highest BCUT2D eigenvalue weighted by molar-refractivity contribution is 5.99. The number of ether oxygens (including phenoxy) is 3. The number of hydrogen-bond donors (Lipinski definition) is 1. The number of carbonyl (C=O) groups is 2. The molecule has 1 aromatic rings. The Morgan fingerprint density at radius 3 is 2.57 bits per heavy atom. The highest BCUT2D eigenvalue weighted by Crippen LogP contribution is 2.32. The van der Waals surface area contributed by atoms with Crippen LogP contribution in [0.15, 0.2) is 18.2 Å². The van der Waals surface area contributed by atoms with E-state index in [1.165, 1.54) is 12.8 Å². The summed E-state index contributed by atoms with van der Waals surface area (Å²) in [5, 5.41) is 3.00. The zero-order chi connectivity index (χ0) is 24.9. The monoisotopic (exact) mass is 487 g/mol. The molecule has 3 atom stereocenters. The average Bonchev–Trinajstić information content (AvgIpc) is 3.69. The highest BCUT2D eigenvalue weighted by atomic mass is 16.5. The van der Waals surface area contributed by atoms with E-state index in [2.05, 4.69) is 24.1 Å². The lowest BCUT2D eigenvalue weighted by atomic mass is 9.99. The largest absolute Gasteiger partial charge is 0.491 e. The fourth-order valence-corrected chi connectivity index (χ4v) is 5.02. The van der Waals surface area contributed by atoms with Crippen molar-refractivity contribution < 1.29 is 23.8 Å². The molecule has 3 aliphatic rings. The van der Waals surface area contributed by atoms with E-state index < -0.39 is 0 Å². The molecular weight excluding hydrogens is 446 g/mol. The minimum absolute atomic E-state index is 0.0271. The molecule has 1 saturated carbocycles. The van der Waals surface area contributed by atoms with Crippen LogP contribution >= 0.6 is 0 Å². The summed E-state index contributed by atoms with van der Waals surface area (Å²) in [4.78, 5) is 30.5.